The molecule has 0 saturated carbocycles. The summed E-state index contributed by atoms with van der Waals surface area (Å²) in [6.07, 6.45) is 0.836. The number of benzene rings is 2. The first-order valence-electron chi connectivity index (χ1n) is 11.2. The number of nitrogens with zero attached hydrogens (tertiary/aromatic N) is 3. The first-order chi connectivity index (χ1) is 16.0. The summed E-state index contributed by atoms with van der Waals surface area (Å²) in [7, 11) is 4.84. The molecular weight excluding hydrogens is 422 g/mol. The van der Waals surface area contributed by atoms with Crippen LogP contribution in [0.25, 0.3) is 0 Å². The number of hydrogen-bond acceptors (Lipinski definition) is 7. The molecule has 4 rings (SSSR count). The van der Waals surface area contributed by atoms with Gasteiger partial charge < -0.3 is 19.1 Å². The molecule has 0 aromatic heterocycles. The lowest BCUT2D eigenvalue weighted by atomic mass is 10.1. The van der Waals surface area contributed by atoms with Crippen LogP contribution < -0.4 is 19.1 Å². The maximum absolute atomic E-state index is 13.1. The normalized spacial score (nSPS) is 19.2. The summed E-state index contributed by atoms with van der Waals surface area (Å²) in [6, 6.07) is 13.3. The third kappa shape index (κ3) is 4.90. The fraction of sp³-hybridized carbons (Fsp3) is 0.440. The molecule has 0 N–H and O–H groups in total. The first-order valence-corrected chi connectivity index (χ1v) is 11.2. The van der Waals surface area contributed by atoms with Crippen LogP contribution in [0.1, 0.15) is 12.0 Å². The number of rotatable bonds is 8. The second kappa shape index (κ2) is 10.1. The Hall–Kier alpha value is -3.26. The van der Waals surface area contributed by atoms with E-state index < -0.39 is 0 Å². The van der Waals surface area contributed by atoms with Crippen molar-refractivity contribution in [2.24, 2.45) is 0 Å². The Morgan fingerprint density at radius 1 is 0.848 bits per heavy atom. The van der Waals surface area contributed by atoms with E-state index in [1.54, 1.807) is 21.3 Å². The first kappa shape index (κ1) is 22.9. The molecule has 176 valence electrons. The third-order valence-electron chi connectivity index (χ3n) is 6.48. The average Bonchev–Trinajstić information content (AvgIpc) is 3.15. The summed E-state index contributed by atoms with van der Waals surface area (Å²) in [5.41, 5.74) is 2.13. The Labute approximate surface area is 194 Å². The predicted octanol–water partition coefficient (Wildman–Crippen LogP) is 2.20. The quantitative estimate of drug-likeness (QED) is 0.568. The molecule has 2 aromatic rings. The van der Waals surface area contributed by atoms with E-state index in [1.807, 2.05) is 30.3 Å². The topological polar surface area (TPSA) is 71.6 Å². The van der Waals surface area contributed by atoms with Gasteiger partial charge in [-0.1, -0.05) is 6.07 Å². The van der Waals surface area contributed by atoms with Crippen LogP contribution in [0, 0.1) is 0 Å². The Morgan fingerprint density at radius 2 is 1.55 bits per heavy atom. The standard InChI is InChI=1S/C25H31N3O5/c1-31-20-7-5-19(6-8-20)26-12-14-27(15-13-26)21-17-24(29)28(25(21)30)11-10-18-4-9-22(32-2)23(16-18)33-3/h4-9,16,21H,10-15,17H2,1-3H3/t21-/m1/s1. The Kier molecular flexibility index (Phi) is 7.03. The molecular formula is C25H31N3O5. The van der Waals surface area contributed by atoms with E-state index >= 15 is 0 Å². The van der Waals surface area contributed by atoms with E-state index in [4.69, 9.17) is 14.2 Å². The van der Waals surface area contributed by atoms with Crippen molar-refractivity contribution in [3.63, 3.8) is 0 Å². The van der Waals surface area contributed by atoms with Crippen molar-refractivity contribution < 1.29 is 23.8 Å². The van der Waals surface area contributed by atoms with Gasteiger partial charge in [0.05, 0.1) is 33.8 Å². The number of amides is 2. The summed E-state index contributed by atoms with van der Waals surface area (Å²) < 4.78 is 15.9. The zero-order valence-electron chi connectivity index (χ0n) is 19.5. The van der Waals surface area contributed by atoms with Gasteiger partial charge in [-0.15, -0.1) is 0 Å². The van der Waals surface area contributed by atoms with E-state index in [-0.39, 0.29) is 24.3 Å². The minimum atomic E-state index is -0.360. The summed E-state index contributed by atoms with van der Waals surface area (Å²) >= 11 is 0. The van der Waals surface area contributed by atoms with E-state index in [0.717, 1.165) is 43.2 Å². The van der Waals surface area contributed by atoms with Gasteiger partial charge >= 0.3 is 0 Å². The van der Waals surface area contributed by atoms with Gasteiger partial charge in [0.2, 0.25) is 11.8 Å². The van der Waals surface area contributed by atoms with Crippen LogP contribution in [0.15, 0.2) is 42.5 Å². The van der Waals surface area contributed by atoms with Crippen LogP contribution in [0.3, 0.4) is 0 Å². The van der Waals surface area contributed by atoms with Gasteiger partial charge in [0.25, 0.3) is 0 Å². The van der Waals surface area contributed by atoms with Crippen molar-refractivity contribution in [2.75, 3.05) is 59.0 Å². The largest absolute Gasteiger partial charge is 0.497 e. The summed E-state index contributed by atoms with van der Waals surface area (Å²) in [5, 5.41) is 0. The fourth-order valence-corrected chi connectivity index (χ4v) is 4.55. The third-order valence-corrected chi connectivity index (χ3v) is 6.48. The second-order valence-electron chi connectivity index (χ2n) is 8.26. The fourth-order valence-electron chi connectivity index (χ4n) is 4.55. The maximum Gasteiger partial charge on any atom is 0.247 e. The highest BCUT2D eigenvalue weighted by Crippen LogP contribution is 2.28. The van der Waals surface area contributed by atoms with Gasteiger partial charge in [0.1, 0.15) is 5.75 Å². The molecule has 8 nitrogen and oxygen atoms in total. The minimum absolute atomic E-state index is 0.0848. The lowest BCUT2D eigenvalue weighted by Gasteiger charge is -2.38. The smallest absolute Gasteiger partial charge is 0.247 e. The molecule has 2 heterocycles. The highest BCUT2D eigenvalue weighted by Gasteiger charge is 2.42. The lowest BCUT2D eigenvalue weighted by molar-refractivity contribution is -0.139. The van der Waals surface area contributed by atoms with Crippen molar-refractivity contribution in [1.82, 2.24) is 9.80 Å². The highest BCUT2D eigenvalue weighted by molar-refractivity contribution is 6.05. The Morgan fingerprint density at radius 3 is 2.18 bits per heavy atom. The van der Waals surface area contributed by atoms with Crippen molar-refractivity contribution >= 4 is 17.5 Å². The zero-order valence-corrected chi connectivity index (χ0v) is 19.5. The van der Waals surface area contributed by atoms with Gasteiger partial charge in [-0.05, 0) is 48.4 Å². The molecule has 2 amide bonds. The molecule has 1 atom stereocenters. The number of ether oxygens (including phenoxy) is 3. The van der Waals surface area contributed by atoms with Crippen molar-refractivity contribution in [3.05, 3.63) is 48.0 Å². The summed E-state index contributed by atoms with van der Waals surface area (Å²) in [4.78, 5) is 31.6. The van der Waals surface area contributed by atoms with Crippen LogP contribution in [-0.2, 0) is 16.0 Å². The Balaban J connectivity index is 1.33. The van der Waals surface area contributed by atoms with Crippen LogP contribution in [0.5, 0.6) is 17.2 Å². The van der Waals surface area contributed by atoms with E-state index in [1.165, 1.54) is 4.90 Å². The van der Waals surface area contributed by atoms with Gasteiger partial charge in [-0.25, -0.2) is 0 Å². The molecule has 2 saturated heterocycles. The van der Waals surface area contributed by atoms with Crippen LogP contribution in [0.4, 0.5) is 5.69 Å². The van der Waals surface area contributed by atoms with E-state index in [0.29, 0.717) is 24.5 Å². The van der Waals surface area contributed by atoms with E-state index in [2.05, 4.69) is 21.9 Å². The minimum Gasteiger partial charge on any atom is -0.497 e. The number of methoxy groups -OCH3 is 3. The number of hydrogen-bond donors (Lipinski definition) is 0. The number of piperazine rings is 1. The van der Waals surface area contributed by atoms with Gasteiger partial charge in [0.15, 0.2) is 11.5 Å². The lowest BCUT2D eigenvalue weighted by Crippen LogP contribution is -2.52. The van der Waals surface area contributed by atoms with Gasteiger partial charge in [-0.2, -0.15) is 0 Å². The summed E-state index contributed by atoms with van der Waals surface area (Å²) in [5.74, 6) is 1.95. The van der Waals surface area contributed by atoms with Crippen LogP contribution in [0.2, 0.25) is 0 Å². The predicted molar refractivity (Wildman–Crippen MR) is 125 cm³/mol. The van der Waals surface area contributed by atoms with Crippen LogP contribution >= 0.6 is 0 Å². The maximum atomic E-state index is 13.1. The van der Waals surface area contributed by atoms with Crippen molar-refractivity contribution in [2.45, 2.75) is 18.9 Å². The number of anilines is 1. The molecule has 0 spiro atoms. The zero-order chi connectivity index (χ0) is 23.4. The van der Waals surface area contributed by atoms with Gasteiger partial charge in [-0.3, -0.25) is 19.4 Å². The summed E-state index contributed by atoms with van der Waals surface area (Å²) in [6.45, 7) is 3.50. The molecule has 0 unspecified atom stereocenters. The molecule has 8 heteroatoms. The van der Waals surface area contributed by atoms with Crippen molar-refractivity contribution in [1.29, 1.82) is 0 Å². The SMILES string of the molecule is COc1ccc(N2CCN([C@@H]3CC(=O)N(CCc4ccc(OC)c(OC)c4)C3=O)CC2)cc1. The molecule has 2 aromatic carbocycles. The Bertz CT molecular complexity index is 986. The van der Waals surface area contributed by atoms with Crippen LogP contribution in [-0.4, -0.2) is 81.7 Å². The molecule has 0 aliphatic carbocycles. The van der Waals surface area contributed by atoms with Gasteiger partial charge in [0, 0.05) is 38.4 Å². The molecule has 2 fully saturated rings. The average molecular weight is 454 g/mol. The van der Waals surface area contributed by atoms with Crippen molar-refractivity contribution in [3.8, 4) is 17.2 Å². The molecule has 0 bridgehead atoms. The number of carbonyl (C=O) groups is 2. The monoisotopic (exact) mass is 453 g/mol. The molecule has 2 aliphatic heterocycles. The highest BCUT2D eigenvalue weighted by atomic mass is 16.5. The number of likely N-dealkylation sites (tertiary alicyclic amines) is 1. The molecule has 0 radical (unpaired) electrons. The van der Waals surface area contributed by atoms with E-state index in [9.17, 15) is 9.59 Å². The molecule has 2 aliphatic rings. The molecule has 33 heavy (non-hydrogen) atoms. The number of imide groups is 1. The number of carbonyl (C=O) groups excluding carboxylic acids is 2. The second-order valence-corrected chi connectivity index (χ2v) is 8.26.